The average molecular weight is 432 g/mol. The number of nitrogens with zero attached hydrogens (tertiary/aromatic N) is 1. The molecule has 29 heavy (non-hydrogen) atoms. The predicted octanol–water partition coefficient (Wildman–Crippen LogP) is 4.62. The van der Waals surface area contributed by atoms with E-state index in [0.29, 0.717) is 35.8 Å². The molecule has 2 aliphatic rings. The van der Waals surface area contributed by atoms with Crippen LogP contribution in [0, 0.1) is 0 Å². The molecule has 0 radical (unpaired) electrons. The molecule has 0 aromatic heterocycles. The van der Waals surface area contributed by atoms with Crippen LogP contribution in [0.5, 0.6) is 0 Å². The Kier molecular flexibility index (Phi) is 5.71. The number of sulfone groups is 1. The molecule has 4 rings (SSSR count). The Balaban J connectivity index is 1.50. The van der Waals surface area contributed by atoms with E-state index in [1.807, 2.05) is 35.2 Å². The molecule has 2 aromatic rings. The largest absolute Gasteiger partial charge is 0.342 e. The van der Waals surface area contributed by atoms with Gasteiger partial charge < -0.3 is 4.90 Å². The van der Waals surface area contributed by atoms with Gasteiger partial charge in [-0.25, -0.2) is 8.42 Å². The first-order chi connectivity index (χ1) is 13.9. The lowest BCUT2D eigenvalue weighted by Gasteiger charge is -2.38. The van der Waals surface area contributed by atoms with Gasteiger partial charge in [-0.3, -0.25) is 4.79 Å². The smallest absolute Gasteiger partial charge is 0.233 e. The van der Waals surface area contributed by atoms with E-state index in [0.717, 1.165) is 31.2 Å². The molecule has 0 bridgehead atoms. The van der Waals surface area contributed by atoms with E-state index in [2.05, 4.69) is 0 Å². The van der Waals surface area contributed by atoms with Crippen LogP contribution in [0.25, 0.3) is 0 Å². The van der Waals surface area contributed by atoms with E-state index >= 15 is 0 Å². The van der Waals surface area contributed by atoms with Gasteiger partial charge in [0.1, 0.15) is 0 Å². The van der Waals surface area contributed by atoms with Crippen LogP contribution >= 0.6 is 11.6 Å². The summed E-state index contributed by atoms with van der Waals surface area (Å²) in [6, 6.07) is 16.3. The van der Waals surface area contributed by atoms with Gasteiger partial charge >= 0.3 is 0 Å². The van der Waals surface area contributed by atoms with Gasteiger partial charge in [-0.2, -0.15) is 0 Å². The summed E-state index contributed by atoms with van der Waals surface area (Å²) in [6.07, 6.45) is 4.73. The molecule has 4 nitrogen and oxygen atoms in total. The standard InChI is InChI=1S/C23H26ClNO3S/c24-19-10-8-18(9-11-19)23(14-4-5-15-23)22(26)25-16-12-21(13-17-25)29(27,28)20-6-2-1-3-7-20/h1-3,6-11,21H,4-5,12-17H2. The summed E-state index contributed by atoms with van der Waals surface area (Å²) in [4.78, 5) is 15.8. The number of benzene rings is 2. The summed E-state index contributed by atoms with van der Waals surface area (Å²) in [6.45, 7) is 0.982. The molecular formula is C23H26ClNO3S. The molecule has 1 aliphatic heterocycles. The molecule has 0 atom stereocenters. The van der Waals surface area contributed by atoms with Gasteiger partial charge in [0.2, 0.25) is 5.91 Å². The minimum Gasteiger partial charge on any atom is -0.342 e. The van der Waals surface area contributed by atoms with Crippen LogP contribution in [0.4, 0.5) is 0 Å². The second-order valence-corrected chi connectivity index (χ2v) is 10.8. The van der Waals surface area contributed by atoms with Crippen molar-refractivity contribution in [2.24, 2.45) is 0 Å². The van der Waals surface area contributed by atoms with Crippen LogP contribution in [0.1, 0.15) is 44.1 Å². The Morgan fingerprint density at radius 2 is 1.52 bits per heavy atom. The van der Waals surface area contributed by atoms with Crippen molar-refractivity contribution in [3.63, 3.8) is 0 Å². The Labute approximate surface area is 177 Å². The number of halogens is 1. The maximum atomic E-state index is 13.6. The number of likely N-dealkylation sites (tertiary alicyclic amines) is 1. The van der Waals surface area contributed by atoms with Crippen molar-refractivity contribution in [3.05, 3.63) is 65.2 Å². The Hall–Kier alpha value is -1.85. The molecule has 1 heterocycles. The monoisotopic (exact) mass is 431 g/mol. The zero-order chi connectivity index (χ0) is 20.5. The van der Waals surface area contributed by atoms with Gasteiger partial charge in [0.25, 0.3) is 0 Å². The predicted molar refractivity (Wildman–Crippen MR) is 115 cm³/mol. The van der Waals surface area contributed by atoms with Crippen molar-refractivity contribution < 1.29 is 13.2 Å². The molecule has 1 saturated carbocycles. The highest BCUT2D eigenvalue weighted by Gasteiger charge is 2.46. The Bertz CT molecular complexity index is 959. The van der Waals surface area contributed by atoms with E-state index in [1.54, 1.807) is 24.3 Å². The summed E-state index contributed by atoms with van der Waals surface area (Å²) < 4.78 is 25.8. The van der Waals surface area contributed by atoms with Crippen molar-refractivity contribution in [1.29, 1.82) is 0 Å². The van der Waals surface area contributed by atoms with Gasteiger partial charge in [-0.15, -0.1) is 0 Å². The summed E-state index contributed by atoms with van der Waals surface area (Å²) in [5.74, 6) is 0.146. The summed E-state index contributed by atoms with van der Waals surface area (Å²) in [5, 5.41) is 0.241. The number of piperidine rings is 1. The van der Waals surface area contributed by atoms with Crippen molar-refractivity contribution >= 4 is 27.3 Å². The first kappa shape index (κ1) is 20.4. The molecule has 0 spiro atoms. The third-order valence-corrected chi connectivity index (χ3v) is 9.03. The third kappa shape index (κ3) is 3.82. The van der Waals surface area contributed by atoms with Gasteiger partial charge in [0.15, 0.2) is 9.84 Å². The lowest BCUT2D eigenvalue weighted by molar-refractivity contribution is -0.138. The molecular weight excluding hydrogens is 406 g/mol. The Morgan fingerprint density at radius 1 is 0.931 bits per heavy atom. The minimum atomic E-state index is -3.35. The zero-order valence-corrected chi connectivity index (χ0v) is 18.0. The van der Waals surface area contributed by atoms with Gasteiger partial charge in [-0.1, -0.05) is 54.8 Å². The van der Waals surface area contributed by atoms with Crippen molar-refractivity contribution in [3.8, 4) is 0 Å². The van der Waals surface area contributed by atoms with Crippen LogP contribution in [-0.2, 0) is 20.0 Å². The molecule has 1 aliphatic carbocycles. The highest BCUT2D eigenvalue weighted by molar-refractivity contribution is 7.92. The molecule has 2 fully saturated rings. The molecule has 6 heteroatoms. The number of hydrogen-bond donors (Lipinski definition) is 0. The molecule has 1 saturated heterocycles. The van der Waals surface area contributed by atoms with Gasteiger partial charge in [-0.05, 0) is 55.5 Å². The normalized spacial score (nSPS) is 20.0. The van der Waals surface area contributed by atoms with Crippen molar-refractivity contribution in [1.82, 2.24) is 4.90 Å². The number of carbonyl (C=O) groups excluding carboxylic acids is 1. The zero-order valence-electron chi connectivity index (χ0n) is 16.4. The van der Waals surface area contributed by atoms with Crippen LogP contribution in [0.3, 0.4) is 0 Å². The molecule has 154 valence electrons. The summed E-state index contributed by atoms with van der Waals surface area (Å²) in [7, 11) is -3.35. The number of amides is 1. The second-order valence-electron chi connectivity index (χ2n) is 8.15. The molecule has 1 amide bonds. The lowest BCUT2D eigenvalue weighted by Crippen LogP contribution is -2.50. The number of rotatable bonds is 4. The summed E-state index contributed by atoms with van der Waals surface area (Å²) >= 11 is 6.05. The maximum absolute atomic E-state index is 13.6. The van der Waals surface area contributed by atoms with E-state index < -0.39 is 20.5 Å². The molecule has 0 N–H and O–H groups in total. The second kappa shape index (κ2) is 8.11. The molecule has 2 aromatic carbocycles. The minimum absolute atomic E-state index is 0.146. The highest BCUT2D eigenvalue weighted by Crippen LogP contribution is 2.43. The van der Waals surface area contributed by atoms with Crippen LogP contribution in [-0.4, -0.2) is 37.6 Å². The molecule has 0 unspecified atom stereocenters. The van der Waals surface area contributed by atoms with Gasteiger partial charge in [0, 0.05) is 18.1 Å². The average Bonchev–Trinajstić information content (AvgIpc) is 3.25. The van der Waals surface area contributed by atoms with E-state index in [9.17, 15) is 13.2 Å². The SMILES string of the molecule is O=C(N1CCC(S(=O)(=O)c2ccccc2)CC1)C1(c2ccc(Cl)cc2)CCCC1. The lowest BCUT2D eigenvalue weighted by atomic mass is 9.77. The van der Waals surface area contributed by atoms with Crippen LogP contribution in [0.2, 0.25) is 5.02 Å². The third-order valence-electron chi connectivity index (χ3n) is 6.50. The number of carbonyl (C=O) groups is 1. The van der Waals surface area contributed by atoms with Crippen LogP contribution < -0.4 is 0 Å². The number of hydrogen-bond acceptors (Lipinski definition) is 3. The fourth-order valence-corrected chi connectivity index (χ4v) is 6.73. The van der Waals surface area contributed by atoms with E-state index in [4.69, 9.17) is 11.6 Å². The van der Waals surface area contributed by atoms with Gasteiger partial charge in [0.05, 0.1) is 15.6 Å². The topological polar surface area (TPSA) is 54.5 Å². The maximum Gasteiger partial charge on any atom is 0.233 e. The van der Waals surface area contributed by atoms with Crippen molar-refractivity contribution in [2.45, 2.75) is 54.1 Å². The summed E-state index contributed by atoms with van der Waals surface area (Å²) in [5.41, 5.74) is 0.541. The highest BCUT2D eigenvalue weighted by atomic mass is 35.5. The Morgan fingerprint density at radius 3 is 2.10 bits per heavy atom. The first-order valence-corrected chi connectivity index (χ1v) is 12.2. The van der Waals surface area contributed by atoms with E-state index in [1.165, 1.54) is 0 Å². The van der Waals surface area contributed by atoms with Crippen LogP contribution in [0.15, 0.2) is 59.5 Å². The van der Waals surface area contributed by atoms with Crippen molar-refractivity contribution in [2.75, 3.05) is 13.1 Å². The quantitative estimate of drug-likeness (QED) is 0.709. The van der Waals surface area contributed by atoms with E-state index in [-0.39, 0.29) is 5.91 Å². The fraction of sp³-hybridized carbons (Fsp3) is 0.435. The first-order valence-electron chi connectivity index (χ1n) is 10.3. The fourth-order valence-electron chi connectivity index (χ4n) is 4.85.